The van der Waals surface area contributed by atoms with Crippen molar-refractivity contribution in [1.29, 1.82) is 0 Å². The summed E-state index contributed by atoms with van der Waals surface area (Å²) in [6.45, 7) is 14.5. The van der Waals surface area contributed by atoms with E-state index in [1.807, 2.05) is 0 Å². The van der Waals surface area contributed by atoms with Crippen molar-refractivity contribution >= 4 is 15.8 Å². The average molecular weight is 248 g/mol. The minimum absolute atomic E-state index is 0.274. The summed E-state index contributed by atoms with van der Waals surface area (Å²) in [7, 11) is 0.547. The molecule has 0 saturated heterocycles. The minimum Gasteiger partial charge on any atom is -0.0965 e. The molecule has 0 aromatic carbocycles. The Hall–Kier alpha value is 0.860. The van der Waals surface area contributed by atoms with Gasteiger partial charge in [0.25, 0.3) is 0 Å². The molecule has 92 valence electrons. The standard InChI is InChI=1S/C13H30P2/c1-7-13(8-2,14(9-3)10-4)15(11-5)12-6/h7-12H2,1-6H3. The van der Waals surface area contributed by atoms with E-state index in [9.17, 15) is 0 Å². The molecule has 0 radical (unpaired) electrons. The van der Waals surface area contributed by atoms with Crippen LogP contribution in [0.1, 0.15) is 54.4 Å². The first-order valence-corrected chi connectivity index (χ1v) is 10.1. The summed E-state index contributed by atoms with van der Waals surface area (Å²) < 4.78 is 0. The molecule has 0 aliphatic heterocycles. The van der Waals surface area contributed by atoms with Crippen molar-refractivity contribution in [1.82, 2.24) is 0 Å². The lowest BCUT2D eigenvalue weighted by Gasteiger charge is -2.46. The maximum atomic E-state index is 2.44. The van der Waals surface area contributed by atoms with Crippen molar-refractivity contribution < 1.29 is 0 Å². The van der Waals surface area contributed by atoms with Crippen LogP contribution in [-0.4, -0.2) is 29.5 Å². The van der Waals surface area contributed by atoms with Crippen molar-refractivity contribution in [2.24, 2.45) is 0 Å². The predicted octanol–water partition coefficient (Wildman–Crippen LogP) is 5.55. The van der Waals surface area contributed by atoms with E-state index in [-0.39, 0.29) is 15.8 Å². The Kier molecular flexibility index (Phi) is 8.49. The van der Waals surface area contributed by atoms with Crippen molar-refractivity contribution in [2.75, 3.05) is 24.6 Å². The summed E-state index contributed by atoms with van der Waals surface area (Å²) in [6, 6.07) is 0. The molecule has 0 aromatic heterocycles. The molecule has 0 heterocycles. The zero-order valence-corrected chi connectivity index (χ0v) is 13.4. The second-order valence-corrected chi connectivity index (χ2v) is 10.8. The first-order valence-electron chi connectivity index (χ1n) is 6.66. The second-order valence-electron chi connectivity index (χ2n) is 4.03. The van der Waals surface area contributed by atoms with Gasteiger partial charge in [-0.1, -0.05) is 57.4 Å². The molecule has 0 N–H and O–H groups in total. The minimum atomic E-state index is 0.274. The van der Waals surface area contributed by atoms with Crippen LogP contribution in [0.2, 0.25) is 0 Å². The first kappa shape index (κ1) is 15.9. The SMILES string of the molecule is CCP(CC)C(CC)(CC)P(CC)CC. The molecule has 0 saturated carbocycles. The predicted molar refractivity (Wildman–Crippen MR) is 79.3 cm³/mol. The third kappa shape index (κ3) is 3.41. The zero-order chi connectivity index (χ0) is 11.9. The highest BCUT2D eigenvalue weighted by Crippen LogP contribution is 2.69. The van der Waals surface area contributed by atoms with Crippen molar-refractivity contribution in [3.05, 3.63) is 0 Å². The van der Waals surface area contributed by atoms with Crippen LogP contribution < -0.4 is 0 Å². The maximum absolute atomic E-state index is 2.44. The van der Waals surface area contributed by atoms with E-state index in [1.165, 1.54) is 37.5 Å². The third-order valence-corrected chi connectivity index (χ3v) is 12.2. The molecule has 0 bridgehead atoms. The Labute approximate surface area is 100 Å². The highest BCUT2D eigenvalue weighted by atomic mass is 31.2. The van der Waals surface area contributed by atoms with Crippen molar-refractivity contribution in [2.45, 2.75) is 59.3 Å². The van der Waals surface area contributed by atoms with Crippen molar-refractivity contribution in [3.63, 3.8) is 0 Å². The van der Waals surface area contributed by atoms with Gasteiger partial charge in [0.2, 0.25) is 0 Å². The van der Waals surface area contributed by atoms with E-state index in [0.29, 0.717) is 0 Å². The fourth-order valence-electron chi connectivity index (χ4n) is 2.97. The van der Waals surface area contributed by atoms with Gasteiger partial charge in [0.15, 0.2) is 0 Å². The van der Waals surface area contributed by atoms with Crippen molar-refractivity contribution in [3.8, 4) is 0 Å². The van der Waals surface area contributed by atoms with Crippen LogP contribution in [0.15, 0.2) is 0 Å². The quantitative estimate of drug-likeness (QED) is 0.494. The van der Waals surface area contributed by atoms with Crippen LogP contribution in [-0.2, 0) is 0 Å². The van der Waals surface area contributed by atoms with Gasteiger partial charge in [0.1, 0.15) is 0 Å². The van der Waals surface area contributed by atoms with Crippen LogP contribution in [0.4, 0.5) is 0 Å². The average Bonchev–Trinajstić information content (AvgIpc) is 2.29. The lowest BCUT2D eigenvalue weighted by Crippen LogP contribution is -2.26. The molecule has 0 aliphatic rings. The fraction of sp³-hybridized carbons (Fsp3) is 1.00. The summed E-state index contributed by atoms with van der Waals surface area (Å²) in [4.78, 5) is 0.748. The molecule has 0 rings (SSSR count). The van der Waals surface area contributed by atoms with Gasteiger partial charge in [-0.3, -0.25) is 0 Å². The molecule has 2 heteroatoms. The summed E-state index contributed by atoms with van der Waals surface area (Å²) >= 11 is 0. The van der Waals surface area contributed by atoms with E-state index in [4.69, 9.17) is 0 Å². The smallest absolute Gasteiger partial charge is 0.0100 e. The Bertz CT molecular complexity index is 131. The summed E-state index contributed by atoms with van der Waals surface area (Å²) in [5, 5.41) is 0. The van der Waals surface area contributed by atoms with Gasteiger partial charge in [-0.25, -0.2) is 0 Å². The van der Waals surface area contributed by atoms with Gasteiger partial charge in [0.05, 0.1) is 0 Å². The first-order chi connectivity index (χ1) is 7.16. The highest BCUT2D eigenvalue weighted by molar-refractivity contribution is 7.77. The van der Waals surface area contributed by atoms with Gasteiger partial charge in [-0.2, -0.15) is 0 Å². The normalized spacial score (nSPS) is 12.8. The Balaban J connectivity index is 4.98. The van der Waals surface area contributed by atoms with Gasteiger partial charge >= 0.3 is 0 Å². The monoisotopic (exact) mass is 248 g/mol. The molecule has 15 heavy (non-hydrogen) atoms. The summed E-state index contributed by atoms with van der Waals surface area (Å²) in [5.41, 5.74) is 0. The Morgan fingerprint density at radius 3 is 1.00 bits per heavy atom. The molecule has 0 aromatic rings. The summed E-state index contributed by atoms with van der Waals surface area (Å²) in [5.74, 6) is 0. The molecular weight excluding hydrogens is 218 g/mol. The largest absolute Gasteiger partial charge is 0.0965 e. The maximum Gasteiger partial charge on any atom is 0.0100 e. The van der Waals surface area contributed by atoms with E-state index in [1.54, 1.807) is 0 Å². The molecule has 0 nitrogen and oxygen atoms in total. The fourth-order valence-corrected chi connectivity index (χ4v) is 11.3. The lowest BCUT2D eigenvalue weighted by atomic mass is 10.2. The highest BCUT2D eigenvalue weighted by Gasteiger charge is 2.38. The second kappa shape index (κ2) is 8.03. The Morgan fingerprint density at radius 2 is 0.867 bits per heavy atom. The lowest BCUT2D eigenvalue weighted by molar-refractivity contribution is 0.708. The topological polar surface area (TPSA) is 0 Å². The van der Waals surface area contributed by atoms with Crippen LogP contribution in [0.25, 0.3) is 0 Å². The van der Waals surface area contributed by atoms with E-state index >= 15 is 0 Å². The van der Waals surface area contributed by atoms with E-state index < -0.39 is 0 Å². The molecule has 0 aliphatic carbocycles. The third-order valence-electron chi connectivity index (χ3n) is 3.84. The van der Waals surface area contributed by atoms with Crippen LogP contribution >= 0.6 is 15.8 Å². The number of hydrogen-bond donors (Lipinski definition) is 0. The van der Waals surface area contributed by atoms with E-state index in [0.717, 1.165) is 4.90 Å². The van der Waals surface area contributed by atoms with E-state index in [2.05, 4.69) is 41.5 Å². The molecule has 0 unspecified atom stereocenters. The Morgan fingerprint density at radius 1 is 0.600 bits per heavy atom. The number of hydrogen-bond acceptors (Lipinski definition) is 0. The van der Waals surface area contributed by atoms with Crippen LogP contribution in [0, 0.1) is 0 Å². The van der Waals surface area contributed by atoms with Gasteiger partial charge in [-0.15, -0.1) is 0 Å². The molecule has 0 fully saturated rings. The van der Waals surface area contributed by atoms with Gasteiger partial charge in [-0.05, 0) is 37.5 Å². The zero-order valence-electron chi connectivity index (χ0n) is 11.6. The molecule has 0 spiro atoms. The molecular formula is C13H30P2. The van der Waals surface area contributed by atoms with Gasteiger partial charge < -0.3 is 0 Å². The summed E-state index contributed by atoms with van der Waals surface area (Å²) in [6.07, 6.45) is 8.59. The number of rotatable bonds is 8. The van der Waals surface area contributed by atoms with Crippen LogP contribution in [0.5, 0.6) is 0 Å². The van der Waals surface area contributed by atoms with Gasteiger partial charge in [0, 0.05) is 4.90 Å². The molecule has 0 atom stereocenters. The molecule has 0 amide bonds. The van der Waals surface area contributed by atoms with Crippen LogP contribution in [0.3, 0.4) is 0 Å².